The van der Waals surface area contributed by atoms with E-state index >= 15 is 0 Å². The lowest BCUT2D eigenvalue weighted by Crippen LogP contribution is -1.80. The number of hydrogen-bond acceptors (Lipinski definition) is 2. The highest BCUT2D eigenvalue weighted by atomic mass is 16.1. The van der Waals surface area contributed by atoms with E-state index in [1.54, 1.807) is 13.0 Å². The van der Waals surface area contributed by atoms with Crippen molar-refractivity contribution in [3.05, 3.63) is 12.2 Å². The van der Waals surface area contributed by atoms with E-state index in [-0.39, 0.29) is 26.4 Å². The van der Waals surface area contributed by atoms with E-state index in [0.29, 0.717) is 6.42 Å². The Balaban J connectivity index is -0.0000000546. The minimum Gasteiger partial charge on any atom is -0.300 e. The molecule has 0 rings (SSSR count). The molecular formula is C11H24O2. The Kier molecular flexibility index (Phi) is 30.1. The lowest BCUT2D eigenvalue weighted by atomic mass is 10.4. The Hall–Kier alpha value is -0.920. The van der Waals surface area contributed by atoms with Crippen molar-refractivity contribution < 1.29 is 9.59 Å². The second-order valence-electron chi connectivity index (χ2n) is 2.17. The van der Waals surface area contributed by atoms with Gasteiger partial charge < -0.3 is 4.79 Å². The van der Waals surface area contributed by atoms with Crippen LogP contribution in [0.1, 0.15) is 49.0 Å². The van der Waals surface area contributed by atoms with Crippen LogP contribution in [-0.2, 0) is 9.59 Å². The summed E-state index contributed by atoms with van der Waals surface area (Å²) >= 11 is 0. The largest absolute Gasteiger partial charge is 0.300 e. The maximum Gasteiger partial charge on any atom is 0.152 e. The molecule has 0 amide bonds. The SMILES string of the molecule is C.C.CC=CC(C)=O.CCC(C)=O. The standard InChI is InChI=1S/C5H8O.C4H8O.2CH4/c1-3-4-5(2)6;1-3-4(2)5;;/h3-4H,1-2H3;3H2,1-2H3;2*1H4. The molecule has 0 unspecified atom stereocenters. The van der Waals surface area contributed by atoms with Crippen molar-refractivity contribution in [1.29, 1.82) is 0 Å². The highest BCUT2D eigenvalue weighted by Crippen LogP contribution is 1.71. The van der Waals surface area contributed by atoms with Crippen molar-refractivity contribution >= 4 is 11.6 Å². The van der Waals surface area contributed by atoms with E-state index in [1.165, 1.54) is 13.0 Å². The Morgan fingerprint density at radius 1 is 1.15 bits per heavy atom. The molecule has 0 aliphatic heterocycles. The van der Waals surface area contributed by atoms with Crippen LogP contribution in [0.3, 0.4) is 0 Å². The first-order valence-corrected chi connectivity index (χ1v) is 3.67. The molecule has 0 aromatic heterocycles. The van der Waals surface area contributed by atoms with Crippen molar-refractivity contribution in [2.45, 2.75) is 49.0 Å². The van der Waals surface area contributed by atoms with Crippen molar-refractivity contribution in [3.63, 3.8) is 0 Å². The number of carbonyl (C=O) groups excluding carboxylic acids is 2. The maximum absolute atomic E-state index is 9.96. The zero-order chi connectivity index (χ0) is 9.28. The molecule has 13 heavy (non-hydrogen) atoms. The molecule has 0 bridgehead atoms. The van der Waals surface area contributed by atoms with Crippen LogP contribution < -0.4 is 0 Å². The van der Waals surface area contributed by atoms with Gasteiger partial charge in [0.25, 0.3) is 0 Å². The molecular weight excluding hydrogens is 164 g/mol. The Morgan fingerprint density at radius 3 is 1.46 bits per heavy atom. The molecule has 0 saturated heterocycles. The molecule has 0 heterocycles. The zero-order valence-corrected chi connectivity index (χ0v) is 7.68. The van der Waals surface area contributed by atoms with Gasteiger partial charge in [0.2, 0.25) is 0 Å². The first-order valence-electron chi connectivity index (χ1n) is 3.67. The zero-order valence-electron chi connectivity index (χ0n) is 7.68. The third-order valence-electron chi connectivity index (χ3n) is 0.899. The number of carbonyl (C=O) groups is 2. The van der Waals surface area contributed by atoms with Crippen LogP contribution in [0.2, 0.25) is 0 Å². The Morgan fingerprint density at radius 2 is 1.46 bits per heavy atom. The van der Waals surface area contributed by atoms with Gasteiger partial charge in [-0.1, -0.05) is 27.9 Å². The minimum atomic E-state index is 0. The Bertz CT molecular complexity index is 146. The van der Waals surface area contributed by atoms with Crippen LogP contribution in [0, 0.1) is 0 Å². The lowest BCUT2D eigenvalue weighted by molar-refractivity contribution is -0.116. The summed E-state index contributed by atoms with van der Waals surface area (Å²) in [5.41, 5.74) is 0. The van der Waals surface area contributed by atoms with Crippen LogP contribution in [-0.4, -0.2) is 11.6 Å². The van der Waals surface area contributed by atoms with Gasteiger partial charge in [-0.3, -0.25) is 4.79 Å². The molecule has 0 aliphatic carbocycles. The highest BCUT2D eigenvalue weighted by molar-refractivity contribution is 5.87. The van der Waals surface area contributed by atoms with Gasteiger partial charge in [0.05, 0.1) is 0 Å². The molecule has 80 valence electrons. The lowest BCUT2D eigenvalue weighted by Gasteiger charge is -1.71. The summed E-state index contributed by atoms with van der Waals surface area (Å²) in [6.07, 6.45) is 3.92. The quantitative estimate of drug-likeness (QED) is 0.622. The normalized spacial score (nSPS) is 7.38. The second-order valence-corrected chi connectivity index (χ2v) is 2.17. The minimum absolute atomic E-state index is 0. The monoisotopic (exact) mass is 188 g/mol. The molecule has 0 radical (unpaired) electrons. The highest BCUT2D eigenvalue weighted by Gasteiger charge is 1.76. The van der Waals surface area contributed by atoms with Crippen molar-refractivity contribution in [1.82, 2.24) is 0 Å². The predicted octanol–water partition coefficient (Wildman–Crippen LogP) is 3.41. The summed E-state index contributed by atoms with van der Waals surface area (Å²) in [5.74, 6) is 0.363. The van der Waals surface area contributed by atoms with Gasteiger partial charge in [0.15, 0.2) is 5.78 Å². The predicted molar refractivity (Wildman–Crippen MR) is 59.9 cm³/mol. The van der Waals surface area contributed by atoms with Crippen molar-refractivity contribution in [3.8, 4) is 0 Å². The van der Waals surface area contributed by atoms with E-state index in [1.807, 2.05) is 13.8 Å². The van der Waals surface area contributed by atoms with E-state index in [2.05, 4.69) is 0 Å². The Labute approximate surface area is 83.0 Å². The van der Waals surface area contributed by atoms with Crippen LogP contribution in [0.15, 0.2) is 12.2 Å². The first-order chi connectivity index (χ1) is 5.04. The molecule has 0 fully saturated rings. The van der Waals surface area contributed by atoms with E-state index in [0.717, 1.165) is 0 Å². The number of ketones is 2. The molecule has 0 aliphatic rings. The van der Waals surface area contributed by atoms with Gasteiger partial charge in [-0.2, -0.15) is 0 Å². The van der Waals surface area contributed by atoms with Crippen LogP contribution in [0.25, 0.3) is 0 Å². The third kappa shape index (κ3) is 54.9. The van der Waals surface area contributed by atoms with E-state index in [4.69, 9.17) is 0 Å². The molecule has 0 aromatic rings. The average Bonchev–Trinajstić information content (AvgIpc) is 1.89. The van der Waals surface area contributed by atoms with E-state index in [9.17, 15) is 9.59 Å². The topological polar surface area (TPSA) is 34.1 Å². The summed E-state index contributed by atoms with van der Waals surface area (Å²) in [6, 6.07) is 0. The average molecular weight is 188 g/mol. The molecule has 2 heteroatoms. The van der Waals surface area contributed by atoms with Crippen LogP contribution >= 0.6 is 0 Å². The summed E-state index contributed by atoms with van der Waals surface area (Å²) < 4.78 is 0. The summed E-state index contributed by atoms with van der Waals surface area (Å²) in [7, 11) is 0. The van der Waals surface area contributed by atoms with Gasteiger partial charge >= 0.3 is 0 Å². The fourth-order valence-electron chi connectivity index (χ4n) is 0.235. The molecule has 2 nitrogen and oxygen atoms in total. The summed E-state index contributed by atoms with van der Waals surface area (Å²) in [5, 5.41) is 0. The van der Waals surface area contributed by atoms with E-state index < -0.39 is 0 Å². The molecule has 0 N–H and O–H groups in total. The number of hydrogen-bond donors (Lipinski definition) is 0. The summed E-state index contributed by atoms with van der Waals surface area (Å²) in [6.45, 7) is 6.78. The van der Waals surface area contributed by atoms with Gasteiger partial charge in [-0.15, -0.1) is 0 Å². The van der Waals surface area contributed by atoms with Crippen LogP contribution in [0.5, 0.6) is 0 Å². The molecule has 0 spiro atoms. The number of rotatable bonds is 2. The third-order valence-corrected chi connectivity index (χ3v) is 0.899. The number of allylic oxidation sites excluding steroid dienone is 2. The van der Waals surface area contributed by atoms with Crippen LogP contribution in [0.4, 0.5) is 0 Å². The van der Waals surface area contributed by atoms with Gasteiger partial charge in [-0.05, 0) is 26.8 Å². The first kappa shape index (κ1) is 22.7. The summed E-state index contributed by atoms with van der Waals surface area (Å²) in [4.78, 5) is 19.8. The molecule has 0 aromatic carbocycles. The molecule has 0 saturated carbocycles. The smallest absolute Gasteiger partial charge is 0.152 e. The fraction of sp³-hybridized carbons (Fsp3) is 0.636. The maximum atomic E-state index is 9.96. The van der Waals surface area contributed by atoms with Gasteiger partial charge in [0.1, 0.15) is 5.78 Å². The van der Waals surface area contributed by atoms with Gasteiger partial charge in [-0.25, -0.2) is 0 Å². The van der Waals surface area contributed by atoms with Crippen molar-refractivity contribution in [2.75, 3.05) is 0 Å². The molecule has 0 atom stereocenters. The number of Topliss-reactive ketones (excluding diaryl/α,β-unsaturated/α-hetero) is 1. The second kappa shape index (κ2) is 17.2. The fourth-order valence-corrected chi connectivity index (χ4v) is 0.235. The van der Waals surface area contributed by atoms with Gasteiger partial charge in [0, 0.05) is 6.42 Å². The van der Waals surface area contributed by atoms with Crippen molar-refractivity contribution in [2.24, 2.45) is 0 Å².